The number of benzene rings is 2. The normalized spacial score (nSPS) is 12.4. The molecule has 8 aromatic rings. The minimum atomic E-state index is -4.43. The molecule has 1 aliphatic carbocycles. The Balaban J connectivity index is 0.000000131. The van der Waals surface area contributed by atoms with Crippen LogP contribution in [0.2, 0.25) is 5.02 Å². The van der Waals surface area contributed by atoms with Gasteiger partial charge in [-0.2, -0.15) is 33.1 Å². The van der Waals surface area contributed by atoms with Crippen LogP contribution in [-0.2, 0) is 19.0 Å². The highest BCUT2D eigenvalue weighted by atomic mass is 35.5. The number of alkyl halides is 3. The lowest BCUT2D eigenvalue weighted by Crippen LogP contribution is -2.07. The molecule has 0 spiro atoms. The van der Waals surface area contributed by atoms with Crippen molar-refractivity contribution < 1.29 is 27.1 Å². The highest BCUT2D eigenvalue weighted by Gasteiger charge is 2.31. The van der Waals surface area contributed by atoms with Crippen LogP contribution in [0.3, 0.4) is 0 Å². The first kappa shape index (κ1) is 45.6. The number of anilines is 8. The van der Waals surface area contributed by atoms with E-state index in [-0.39, 0.29) is 59.3 Å². The molecule has 1 aliphatic heterocycles. The minimum Gasteiger partial charge on any atom is -0.461 e. The molecule has 23 nitrogen and oxygen atoms in total. The van der Waals surface area contributed by atoms with Crippen molar-refractivity contribution in [1.29, 1.82) is 0 Å². The van der Waals surface area contributed by atoms with Gasteiger partial charge in [0.1, 0.15) is 23.3 Å². The van der Waals surface area contributed by atoms with E-state index in [1.54, 1.807) is 29.5 Å². The standard InChI is InChI=1S/C11H13N5S.C10H8F3N5.C10H9N5O2.C7H6ClN5O/c12-10-9(15-16-11(13)14-10)8-5-6-3-1-2-4-7(6)17-8;11-10(12,13)6-3-1-2-5(4-6)7-8(14)16-9(15)18-17-7;11-9-8(14-15-10(12)13-9)5-1-2-6-7(3-5)17-4-16-6;8-3-1-4(14-2-3)5-6(9)11-7(10)13-12-5/h5H,1-4H2,(H4,12,13,14,16);1-4H,(H4,14,15,16,18);1-3H,4H2,(H4,11,12,13,15);1-2H,(H4,9,10,11,13). The number of aromatic nitrogens is 12. The number of fused-ring (bicyclic) bond motifs is 2. The summed E-state index contributed by atoms with van der Waals surface area (Å²) in [5.74, 6) is 2.49. The molecule has 0 saturated heterocycles. The summed E-state index contributed by atoms with van der Waals surface area (Å²) in [6.07, 6.45) is 1.80. The fourth-order valence-electron chi connectivity index (χ4n) is 6.10. The summed E-state index contributed by atoms with van der Waals surface area (Å²) in [6, 6.07) is 13.7. The Morgan fingerprint density at radius 2 is 1.09 bits per heavy atom. The number of hydrogen-bond donors (Lipinski definition) is 8. The summed E-state index contributed by atoms with van der Waals surface area (Å²) < 4.78 is 53.2. The maximum absolute atomic E-state index is 12.5. The van der Waals surface area contributed by atoms with Gasteiger partial charge in [-0.25, -0.2) is 0 Å². The first-order valence-electron chi connectivity index (χ1n) is 19.0. The smallest absolute Gasteiger partial charge is 0.416 e. The van der Waals surface area contributed by atoms with Crippen LogP contribution >= 0.6 is 22.9 Å². The lowest BCUT2D eigenvalue weighted by Gasteiger charge is -2.09. The van der Waals surface area contributed by atoms with E-state index in [4.69, 9.17) is 71.4 Å². The summed E-state index contributed by atoms with van der Waals surface area (Å²) in [5, 5.41) is 30.3. The van der Waals surface area contributed by atoms with E-state index < -0.39 is 11.7 Å². The predicted octanol–water partition coefficient (Wildman–Crippen LogP) is 4.75. The number of ether oxygens (including phenoxy) is 2. The van der Waals surface area contributed by atoms with Gasteiger partial charge in [-0.15, -0.1) is 52.1 Å². The van der Waals surface area contributed by atoms with Crippen LogP contribution in [0, 0.1) is 0 Å². The van der Waals surface area contributed by atoms with Gasteiger partial charge in [0.25, 0.3) is 0 Å². The SMILES string of the molecule is Nc1nnc(-c2cc(Cl)co2)c(N)n1.Nc1nnc(-c2cc3c(s2)CCCC3)c(N)n1.Nc1nnc(-c2ccc3c(c2)OCO3)c(N)n1.Nc1nnc(-c2cccc(C(F)(F)F)c2)c(N)n1. The number of rotatable bonds is 4. The van der Waals surface area contributed by atoms with E-state index in [1.165, 1.54) is 41.7 Å². The van der Waals surface area contributed by atoms with Crippen LogP contribution < -0.4 is 55.3 Å². The third-order valence-electron chi connectivity index (χ3n) is 9.06. The fourth-order valence-corrected chi connectivity index (χ4v) is 7.49. The van der Waals surface area contributed by atoms with Crippen LogP contribution in [0.25, 0.3) is 44.5 Å². The number of nitrogens with two attached hydrogens (primary N) is 8. The van der Waals surface area contributed by atoms with Gasteiger partial charge >= 0.3 is 6.18 Å². The second-order valence-electron chi connectivity index (χ2n) is 13.7. The molecule has 0 bridgehead atoms. The van der Waals surface area contributed by atoms with Gasteiger partial charge in [0.05, 0.1) is 15.5 Å². The van der Waals surface area contributed by atoms with E-state index in [0.29, 0.717) is 45.2 Å². The second kappa shape index (κ2) is 19.5. The van der Waals surface area contributed by atoms with Crippen molar-refractivity contribution in [2.24, 2.45) is 0 Å². The largest absolute Gasteiger partial charge is 0.461 e. The van der Waals surface area contributed by atoms with E-state index in [2.05, 4.69) is 66.8 Å². The number of thiophene rings is 1. The molecule has 0 fully saturated rings. The molecular formula is C38H36ClF3N20O3S. The molecule has 7 heterocycles. The van der Waals surface area contributed by atoms with Crippen LogP contribution in [-0.4, -0.2) is 67.5 Å². The van der Waals surface area contributed by atoms with Crippen molar-refractivity contribution in [3.05, 3.63) is 81.9 Å². The summed E-state index contributed by atoms with van der Waals surface area (Å²) in [4.78, 5) is 17.7. The molecule has 0 unspecified atom stereocenters. The molecule has 66 heavy (non-hydrogen) atoms. The second-order valence-corrected chi connectivity index (χ2v) is 15.2. The molecule has 340 valence electrons. The van der Waals surface area contributed by atoms with Crippen molar-refractivity contribution >= 4 is 70.0 Å². The van der Waals surface area contributed by atoms with Gasteiger partial charge in [0, 0.05) is 22.1 Å². The number of nitrogens with zero attached hydrogens (tertiary/aromatic N) is 12. The summed E-state index contributed by atoms with van der Waals surface area (Å²) in [6.45, 7) is 0.222. The van der Waals surface area contributed by atoms with Crippen LogP contribution in [0.1, 0.15) is 28.8 Å². The average Bonchev–Trinajstić information content (AvgIpc) is 4.04. The molecule has 0 saturated carbocycles. The van der Waals surface area contributed by atoms with Gasteiger partial charge in [-0.1, -0.05) is 23.7 Å². The van der Waals surface area contributed by atoms with Gasteiger partial charge < -0.3 is 59.8 Å². The fraction of sp³-hybridized carbons (Fsp3) is 0.158. The lowest BCUT2D eigenvalue weighted by atomic mass is 9.99. The Labute approximate surface area is 379 Å². The number of halogens is 4. The van der Waals surface area contributed by atoms with Crippen LogP contribution in [0.4, 0.5) is 60.2 Å². The van der Waals surface area contributed by atoms with E-state index in [1.807, 2.05) is 6.07 Å². The molecule has 16 N–H and O–H groups in total. The Bertz CT molecular complexity index is 2990. The Morgan fingerprint density at radius 3 is 1.62 bits per heavy atom. The van der Waals surface area contributed by atoms with Crippen molar-refractivity contribution in [3.63, 3.8) is 0 Å². The topological polar surface area (TPSA) is 394 Å². The lowest BCUT2D eigenvalue weighted by molar-refractivity contribution is -0.137. The van der Waals surface area contributed by atoms with Gasteiger partial charge in [0.2, 0.25) is 30.6 Å². The number of aryl methyl sites for hydroxylation is 2. The Hall–Kier alpha value is -8.46. The first-order chi connectivity index (χ1) is 31.5. The number of furan rings is 1. The maximum Gasteiger partial charge on any atom is 0.416 e. The van der Waals surface area contributed by atoms with E-state index in [0.717, 1.165) is 35.4 Å². The Kier molecular flexibility index (Phi) is 13.5. The van der Waals surface area contributed by atoms with Crippen molar-refractivity contribution in [2.75, 3.05) is 52.7 Å². The summed E-state index contributed by atoms with van der Waals surface area (Å²) in [7, 11) is 0. The molecule has 10 rings (SSSR count). The highest BCUT2D eigenvalue weighted by Crippen LogP contribution is 2.38. The summed E-state index contributed by atoms with van der Waals surface area (Å²) >= 11 is 7.41. The van der Waals surface area contributed by atoms with Crippen LogP contribution in [0.5, 0.6) is 11.5 Å². The first-order valence-corrected chi connectivity index (χ1v) is 20.2. The molecule has 6 aromatic heterocycles. The molecule has 0 amide bonds. The molecule has 28 heteroatoms. The Morgan fingerprint density at radius 1 is 0.561 bits per heavy atom. The molecule has 0 atom stereocenters. The van der Waals surface area contributed by atoms with Crippen LogP contribution in [0.15, 0.2) is 65.3 Å². The summed E-state index contributed by atoms with van der Waals surface area (Å²) in [5.41, 5.74) is 47.1. The molecular weight excluding hydrogens is 909 g/mol. The van der Waals surface area contributed by atoms with E-state index in [9.17, 15) is 13.2 Å². The zero-order valence-electron chi connectivity index (χ0n) is 33.9. The monoisotopic (exact) mass is 944 g/mol. The molecule has 2 aliphatic rings. The van der Waals surface area contributed by atoms with Gasteiger partial charge in [-0.3, -0.25) is 0 Å². The molecule has 2 aromatic carbocycles. The third kappa shape index (κ3) is 11.0. The predicted molar refractivity (Wildman–Crippen MR) is 239 cm³/mol. The van der Waals surface area contributed by atoms with Crippen molar-refractivity contribution in [1.82, 2.24) is 60.7 Å². The van der Waals surface area contributed by atoms with E-state index >= 15 is 0 Å². The zero-order valence-corrected chi connectivity index (χ0v) is 35.5. The minimum absolute atomic E-state index is 0.0175. The average molecular weight is 945 g/mol. The molecule has 0 radical (unpaired) electrons. The number of nitrogen functional groups attached to an aromatic ring is 8. The number of hydrogen-bond acceptors (Lipinski definition) is 24. The maximum atomic E-state index is 12.5. The van der Waals surface area contributed by atoms with Crippen molar-refractivity contribution in [3.8, 4) is 56.0 Å². The highest BCUT2D eigenvalue weighted by molar-refractivity contribution is 7.15. The quantitative estimate of drug-likeness (QED) is 0.118. The van der Waals surface area contributed by atoms with Gasteiger partial charge in [0.15, 0.2) is 46.2 Å². The third-order valence-corrected chi connectivity index (χ3v) is 10.5. The van der Waals surface area contributed by atoms with Gasteiger partial charge in [-0.05, 0) is 67.6 Å². The zero-order chi connectivity index (χ0) is 47.1. The van der Waals surface area contributed by atoms with Crippen molar-refractivity contribution in [2.45, 2.75) is 31.9 Å².